The van der Waals surface area contributed by atoms with Crippen LogP contribution in [0.25, 0.3) is 16.9 Å². The van der Waals surface area contributed by atoms with E-state index >= 15 is 0 Å². The summed E-state index contributed by atoms with van der Waals surface area (Å²) in [6, 6.07) is 3.51. The highest BCUT2D eigenvalue weighted by Crippen LogP contribution is 2.30. The average Bonchev–Trinajstić information content (AvgIpc) is 3.05. The minimum Gasteiger partial charge on any atom is -0.493 e. The summed E-state index contributed by atoms with van der Waals surface area (Å²) in [6.45, 7) is 6.55. The van der Waals surface area contributed by atoms with Crippen molar-refractivity contribution in [2.24, 2.45) is 0 Å². The molecule has 3 heterocycles. The summed E-state index contributed by atoms with van der Waals surface area (Å²) in [4.78, 5) is 32.6. The van der Waals surface area contributed by atoms with Gasteiger partial charge < -0.3 is 15.0 Å². The third-order valence-electron chi connectivity index (χ3n) is 6.40. The zero-order chi connectivity index (χ0) is 26.6. The predicted octanol–water partition coefficient (Wildman–Crippen LogP) is 2.47. The Morgan fingerprint density at radius 1 is 1.19 bits per heavy atom. The van der Waals surface area contributed by atoms with Crippen LogP contribution in [-0.4, -0.2) is 53.1 Å². The monoisotopic (exact) mass is 530 g/mol. The molecule has 0 aliphatic carbocycles. The Bertz CT molecular complexity index is 1450. The van der Waals surface area contributed by atoms with Crippen molar-refractivity contribution in [2.45, 2.75) is 76.7 Å². The largest absolute Gasteiger partial charge is 0.493 e. The highest BCUT2D eigenvalue weighted by atomic mass is 32.2. The Hall–Kier alpha value is -3.25. The predicted molar refractivity (Wildman–Crippen MR) is 139 cm³/mol. The number of hydrogen-bond donors (Lipinski definition) is 3. The fraction of sp³-hybridized carbons (Fsp3) is 0.520. The standard InChI is InChI=1S/C25H34N6O5S/c1-4-6-7-11-21-27-16(3)22-25(33)28-23(29-31(21)22)18-15-17(12-13-20(18)36-5-2)37(34,35)30-19-10-8-9-14-26-24(19)32/h12-13,15,19,30H,4-11,14H2,1-3H3,(H,26,32)(H,28,29,33). The second-order valence-electron chi connectivity index (χ2n) is 9.19. The first-order valence-corrected chi connectivity index (χ1v) is 14.3. The molecule has 0 bridgehead atoms. The number of H-pyrrole nitrogens is 1. The van der Waals surface area contributed by atoms with Gasteiger partial charge in [0.15, 0.2) is 11.3 Å². The van der Waals surface area contributed by atoms with Crippen LogP contribution in [0.3, 0.4) is 0 Å². The number of unbranched alkanes of at least 4 members (excludes halogenated alkanes) is 2. The van der Waals surface area contributed by atoms with Crippen molar-refractivity contribution in [1.29, 1.82) is 0 Å². The molecule has 1 fully saturated rings. The van der Waals surface area contributed by atoms with Crippen LogP contribution in [0.1, 0.15) is 63.9 Å². The van der Waals surface area contributed by atoms with E-state index < -0.39 is 16.1 Å². The SMILES string of the molecule is CCCCCc1nc(C)c2c(=O)[nH]c(-c3cc(S(=O)(=O)NC4CCCCNC4=O)ccc3OCC)nn12. The van der Waals surface area contributed by atoms with Crippen molar-refractivity contribution in [1.82, 2.24) is 29.6 Å². The Labute approximate surface area is 216 Å². The summed E-state index contributed by atoms with van der Waals surface area (Å²) in [5.74, 6) is 0.880. The Kier molecular flexibility index (Phi) is 8.28. The molecule has 2 aromatic heterocycles. The maximum Gasteiger partial charge on any atom is 0.277 e. The van der Waals surface area contributed by atoms with E-state index in [9.17, 15) is 18.0 Å². The highest BCUT2D eigenvalue weighted by Gasteiger charge is 2.28. The van der Waals surface area contributed by atoms with E-state index in [0.717, 1.165) is 32.1 Å². The second kappa shape index (κ2) is 11.4. The van der Waals surface area contributed by atoms with E-state index in [1.807, 2.05) is 6.92 Å². The number of carbonyl (C=O) groups is 1. The molecule has 12 heteroatoms. The van der Waals surface area contributed by atoms with Crippen LogP contribution in [0.4, 0.5) is 0 Å². The third kappa shape index (κ3) is 5.85. The molecule has 0 saturated carbocycles. The molecule has 3 N–H and O–H groups in total. The molecule has 37 heavy (non-hydrogen) atoms. The minimum atomic E-state index is -4.05. The molecule has 1 aromatic carbocycles. The number of fused-ring (bicyclic) bond motifs is 1. The number of hydrogen-bond acceptors (Lipinski definition) is 7. The van der Waals surface area contributed by atoms with Crippen LogP contribution in [0.2, 0.25) is 0 Å². The van der Waals surface area contributed by atoms with Crippen LogP contribution in [0.5, 0.6) is 5.75 Å². The van der Waals surface area contributed by atoms with Crippen LogP contribution < -0.4 is 20.3 Å². The van der Waals surface area contributed by atoms with Gasteiger partial charge in [0.25, 0.3) is 5.56 Å². The normalized spacial score (nSPS) is 16.5. The summed E-state index contributed by atoms with van der Waals surface area (Å²) in [5.41, 5.74) is 0.887. The van der Waals surface area contributed by atoms with Crippen molar-refractivity contribution in [2.75, 3.05) is 13.2 Å². The van der Waals surface area contributed by atoms with Gasteiger partial charge in [-0.3, -0.25) is 9.59 Å². The second-order valence-corrected chi connectivity index (χ2v) is 10.9. The number of sulfonamides is 1. The van der Waals surface area contributed by atoms with E-state index in [1.165, 1.54) is 18.2 Å². The van der Waals surface area contributed by atoms with Crippen molar-refractivity contribution >= 4 is 21.4 Å². The third-order valence-corrected chi connectivity index (χ3v) is 7.87. The number of aromatic nitrogens is 4. The van der Waals surface area contributed by atoms with Crippen LogP contribution >= 0.6 is 0 Å². The number of amides is 1. The molecule has 1 aliphatic heterocycles. The van der Waals surface area contributed by atoms with Gasteiger partial charge in [0.05, 0.1) is 22.8 Å². The van der Waals surface area contributed by atoms with Crippen LogP contribution in [-0.2, 0) is 21.2 Å². The molecule has 1 amide bonds. The average molecular weight is 531 g/mol. The van der Waals surface area contributed by atoms with E-state index in [1.54, 1.807) is 11.4 Å². The molecule has 200 valence electrons. The molecule has 1 atom stereocenters. The zero-order valence-corrected chi connectivity index (χ0v) is 22.3. The zero-order valence-electron chi connectivity index (χ0n) is 21.5. The first-order valence-electron chi connectivity index (χ1n) is 12.8. The van der Waals surface area contributed by atoms with Gasteiger partial charge in [-0.05, 0) is 57.7 Å². The first-order chi connectivity index (χ1) is 17.7. The van der Waals surface area contributed by atoms with Crippen LogP contribution in [0.15, 0.2) is 27.9 Å². The molecule has 4 rings (SSSR count). The van der Waals surface area contributed by atoms with Gasteiger partial charge in [-0.1, -0.05) is 19.8 Å². The Balaban J connectivity index is 1.77. The Morgan fingerprint density at radius 3 is 2.76 bits per heavy atom. The summed E-state index contributed by atoms with van der Waals surface area (Å²) < 4.78 is 36.3. The number of aromatic amines is 1. The molecule has 0 radical (unpaired) electrons. The van der Waals surface area contributed by atoms with Crippen molar-refractivity contribution in [3.63, 3.8) is 0 Å². The van der Waals surface area contributed by atoms with Gasteiger partial charge in [-0.15, -0.1) is 5.10 Å². The summed E-state index contributed by atoms with van der Waals surface area (Å²) in [7, 11) is -4.05. The first kappa shape index (κ1) is 26.8. The molecular formula is C25H34N6O5S. The number of aryl methyl sites for hydroxylation is 2. The molecule has 3 aromatic rings. The number of nitrogens with zero attached hydrogens (tertiary/aromatic N) is 3. The van der Waals surface area contributed by atoms with Crippen molar-refractivity contribution in [3.8, 4) is 17.1 Å². The fourth-order valence-electron chi connectivity index (χ4n) is 4.50. The van der Waals surface area contributed by atoms with Gasteiger partial charge in [0.1, 0.15) is 17.6 Å². The fourth-order valence-corrected chi connectivity index (χ4v) is 5.76. The molecule has 1 unspecified atom stereocenters. The van der Waals surface area contributed by atoms with Gasteiger partial charge in [0.2, 0.25) is 15.9 Å². The maximum atomic E-state index is 13.3. The van der Waals surface area contributed by atoms with E-state index in [-0.39, 0.29) is 22.2 Å². The van der Waals surface area contributed by atoms with Crippen molar-refractivity contribution < 1.29 is 17.9 Å². The Morgan fingerprint density at radius 2 is 2.00 bits per heavy atom. The number of carbonyl (C=O) groups excluding carboxylic acids is 1. The lowest BCUT2D eigenvalue weighted by Crippen LogP contribution is -2.45. The summed E-state index contributed by atoms with van der Waals surface area (Å²) in [5, 5.41) is 7.39. The summed E-state index contributed by atoms with van der Waals surface area (Å²) >= 11 is 0. The highest BCUT2D eigenvalue weighted by molar-refractivity contribution is 7.89. The lowest BCUT2D eigenvalue weighted by Gasteiger charge is -2.17. The lowest BCUT2D eigenvalue weighted by atomic mass is 10.1. The van der Waals surface area contributed by atoms with Gasteiger partial charge >= 0.3 is 0 Å². The van der Waals surface area contributed by atoms with Gasteiger partial charge in [-0.2, -0.15) is 4.72 Å². The number of imidazole rings is 1. The van der Waals surface area contributed by atoms with E-state index in [0.29, 0.717) is 54.3 Å². The number of nitrogens with one attached hydrogen (secondary N) is 3. The topological polar surface area (TPSA) is 148 Å². The maximum absolute atomic E-state index is 13.3. The number of rotatable bonds is 10. The molecule has 11 nitrogen and oxygen atoms in total. The number of ether oxygens (including phenoxy) is 1. The lowest BCUT2D eigenvalue weighted by molar-refractivity contribution is -0.122. The molecule has 1 saturated heterocycles. The number of benzene rings is 1. The molecular weight excluding hydrogens is 496 g/mol. The van der Waals surface area contributed by atoms with Crippen LogP contribution in [0, 0.1) is 6.92 Å². The smallest absolute Gasteiger partial charge is 0.277 e. The quantitative estimate of drug-likeness (QED) is 0.341. The van der Waals surface area contributed by atoms with Gasteiger partial charge in [-0.25, -0.2) is 17.9 Å². The molecule has 1 aliphatic rings. The van der Waals surface area contributed by atoms with E-state index in [2.05, 4.69) is 32.0 Å². The van der Waals surface area contributed by atoms with E-state index in [4.69, 9.17) is 4.74 Å². The summed E-state index contributed by atoms with van der Waals surface area (Å²) in [6.07, 6.45) is 5.61. The minimum absolute atomic E-state index is 0.0595. The molecule has 0 spiro atoms. The van der Waals surface area contributed by atoms with Crippen molar-refractivity contribution in [3.05, 3.63) is 40.1 Å². The van der Waals surface area contributed by atoms with Gasteiger partial charge in [0, 0.05) is 13.0 Å².